The molecule has 0 aliphatic rings. The second-order valence-corrected chi connectivity index (χ2v) is 4.64. The maximum Gasteiger partial charge on any atom is 0.428 e. The molecule has 1 rings (SSSR count). The van der Waals surface area contributed by atoms with Gasteiger partial charge in [0.1, 0.15) is 4.88 Å². The Morgan fingerprint density at radius 2 is 2.20 bits per heavy atom. The summed E-state index contributed by atoms with van der Waals surface area (Å²) >= 11 is 3.15. The minimum Gasteiger partial charge on any atom is -0.461 e. The summed E-state index contributed by atoms with van der Waals surface area (Å²) in [4.78, 5) is 13.5. The number of carbonyl (C=O) groups excluding carboxylic acids is 1. The lowest BCUT2D eigenvalue weighted by molar-refractivity contribution is -0.135. The van der Waals surface area contributed by atoms with Crippen molar-refractivity contribution in [2.24, 2.45) is 0 Å². The minimum atomic E-state index is -4.59. The van der Waals surface area contributed by atoms with E-state index in [0.29, 0.717) is 11.3 Å². The molecule has 0 aliphatic heterocycles. The van der Waals surface area contributed by atoms with Gasteiger partial charge in [-0.25, -0.2) is 9.78 Å². The Morgan fingerprint density at radius 1 is 1.60 bits per heavy atom. The van der Waals surface area contributed by atoms with Crippen LogP contribution in [0.15, 0.2) is 3.92 Å². The molecule has 0 aliphatic carbocycles. The Kier molecular flexibility index (Phi) is 3.72. The zero-order valence-corrected chi connectivity index (χ0v) is 9.79. The van der Waals surface area contributed by atoms with Gasteiger partial charge in [0.15, 0.2) is 9.61 Å². The molecule has 1 aromatic heterocycles. The van der Waals surface area contributed by atoms with Crippen LogP contribution in [0.2, 0.25) is 0 Å². The fourth-order valence-electron chi connectivity index (χ4n) is 0.824. The van der Waals surface area contributed by atoms with Crippen molar-refractivity contribution < 1.29 is 22.7 Å². The van der Waals surface area contributed by atoms with Crippen LogP contribution in [0.1, 0.15) is 22.3 Å². The van der Waals surface area contributed by atoms with E-state index >= 15 is 0 Å². The number of carbonyl (C=O) groups is 1. The molecule has 0 atom stereocenters. The number of ether oxygens (including phenoxy) is 1. The maximum atomic E-state index is 12.4. The van der Waals surface area contributed by atoms with Crippen molar-refractivity contribution in [2.45, 2.75) is 13.1 Å². The SMILES string of the molecule is CCOC(=O)c1nc(Br)sc1C(F)(F)F. The Bertz CT molecular complexity index is 377. The first-order valence-electron chi connectivity index (χ1n) is 3.77. The van der Waals surface area contributed by atoms with Crippen LogP contribution in [0.25, 0.3) is 0 Å². The number of hydrogen-bond acceptors (Lipinski definition) is 4. The third-order valence-electron chi connectivity index (χ3n) is 1.33. The molecule has 0 spiro atoms. The van der Waals surface area contributed by atoms with Gasteiger partial charge in [-0.3, -0.25) is 0 Å². The van der Waals surface area contributed by atoms with Crippen molar-refractivity contribution in [3.05, 3.63) is 14.5 Å². The number of esters is 1. The summed E-state index contributed by atoms with van der Waals surface area (Å²) in [5, 5.41) is 0. The summed E-state index contributed by atoms with van der Waals surface area (Å²) in [5.74, 6) is -1.06. The Hall–Kier alpha value is -0.630. The number of alkyl halides is 3. The van der Waals surface area contributed by atoms with Crippen LogP contribution in [0, 0.1) is 0 Å². The number of aromatic nitrogens is 1. The quantitative estimate of drug-likeness (QED) is 0.788. The highest BCUT2D eigenvalue weighted by molar-refractivity contribution is 9.11. The zero-order valence-electron chi connectivity index (χ0n) is 7.39. The standard InChI is InChI=1S/C7H5BrF3NO2S/c1-2-14-5(13)3-4(7(9,10)11)15-6(8)12-3/h2H2,1H3. The van der Waals surface area contributed by atoms with Crippen LogP contribution in [-0.2, 0) is 10.9 Å². The van der Waals surface area contributed by atoms with Crippen LogP contribution >= 0.6 is 27.3 Å². The van der Waals surface area contributed by atoms with Gasteiger partial charge in [-0.15, -0.1) is 11.3 Å². The van der Waals surface area contributed by atoms with Gasteiger partial charge in [0.25, 0.3) is 0 Å². The van der Waals surface area contributed by atoms with E-state index in [1.54, 1.807) is 0 Å². The highest BCUT2D eigenvalue weighted by Crippen LogP contribution is 2.38. The van der Waals surface area contributed by atoms with Gasteiger partial charge in [-0.2, -0.15) is 13.2 Å². The van der Waals surface area contributed by atoms with E-state index in [-0.39, 0.29) is 10.5 Å². The van der Waals surface area contributed by atoms with Crippen LogP contribution in [0.5, 0.6) is 0 Å². The zero-order chi connectivity index (χ0) is 11.6. The lowest BCUT2D eigenvalue weighted by Crippen LogP contribution is -2.13. The summed E-state index contributed by atoms with van der Waals surface area (Å²) in [6.45, 7) is 1.51. The Labute approximate surface area is 95.4 Å². The van der Waals surface area contributed by atoms with Crippen molar-refractivity contribution in [3.63, 3.8) is 0 Å². The number of halogens is 4. The van der Waals surface area contributed by atoms with Crippen molar-refractivity contribution >= 4 is 33.2 Å². The molecule has 1 heterocycles. The van der Waals surface area contributed by atoms with Crippen LogP contribution in [-0.4, -0.2) is 17.6 Å². The van der Waals surface area contributed by atoms with Gasteiger partial charge in [-0.05, 0) is 22.9 Å². The highest BCUT2D eigenvalue weighted by Gasteiger charge is 2.39. The van der Waals surface area contributed by atoms with Gasteiger partial charge >= 0.3 is 12.1 Å². The second kappa shape index (κ2) is 4.48. The Balaban J connectivity index is 3.12. The third-order valence-corrected chi connectivity index (χ3v) is 2.88. The van der Waals surface area contributed by atoms with Crippen molar-refractivity contribution in [1.29, 1.82) is 0 Å². The van der Waals surface area contributed by atoms with E-state index in [0.717, 1.165) is 0 Å². The normalized spacial score (nSPS) is 11.5. The Morgan fingerprint density at radius 3 is 2.67 bits per heavy atom. The minimum absolute atomic E-state index is 0.00196. The summed E-state index contributed by atoms with van der Waals surface area (Å²) in [7, 11) is 0. The van der Waals surface area contributed by atoms with E-state index in [4.69, 9.17) is 0 Å². The first-order valence-corrected chi connectivity index (χ1v) is 5.37. The molecule has 0 aromatic carbocycles. The van der Waals surface area contributed by atoms with E-state index < -0.39 is 22.7 Å². The summed E-state index contributed by atoms with van der Waals surface area (Å²) in [6.07, 6.45) is -4.59. The number of rotatable bonds is 2. The lowest BCUT2D eigenvalue weighted by Gasteiger charge is -2.04. The average Bonchev–Trinajstić information content (AvgIpc) is 2.47. The summed E-state index contributed by atoms with van der Waals surface area (Å²) < 4.78 is 41.7. The second-order valence-electron chi connectivity index (χ2n) is 2.36. The van der Waals surface area contributed by atoms with E-state index in [1.165, 1.54) is 6.92 Å². The molecular weight excluding hydrogens is 299 g/mol. The maximum absolute atomic E-state index is 12.4. The summed E-state index contributed by atoms with van der Waals surface area (Å²) in [6, 6.07) is 0. The third kappa shape index (κ3) is 2.91. The fourth-order valence-corrected chi connectivity index (χ4v) is 2.13. The molecule has 1 aromatic rings. The molecule has 84 valence electrons. The summed E-state index contributed by atoms with van der Waals surface area (Å²) in [5.41, 5.74) is -0.693. The average molecular weight is 304 g/mol. The molecule has 0 amide bonds. The number of nitrogens with zero attached hydrogens (tertiary/aromatic N) is 1. The molecule has 0 saturated carbocycles. The molecule has 0 fully saturated rings. The topological polar surface area (TPSA) is 39.2 Å². The molecule has 15 heavy (non-hydrogen) atoms. The predicted octanol–water partition coefficient (Wildman–Crippen LogP) is 3.10. The van der Waals surface area contributed by atoms with Crippen molar-refractivity contribution in [2.75, 3.05) is 6.61 Å². The van der Waals surface area contributed by atoms with Gasteiger partial charge in [0.2, 0.25) is 0 Å². The molecule has 8 heteroatoms. The molecule has 0 N–H and O–H groups in total. The van der Waals surface area contributed by atoms with Crippen LogP contribution in [0.3, 0.4) is 0 Å². The number of hydrogen-bond donors (Lipinski definition) is 0. The van der Waals surface area contributed by atoms with E-state index in [1.807, 2.05) is 0 Å². The van der Waals surface area contributed by atoms with Crippen molar-refractivity contribution in [1.82, 2.24) is 4.98 Å². The molecule has 0 unspecified atom stereocenters. The van der Waals surface area contributed by atoms with Gasteiger partial charge < -0.3 is 4.74 Å². The first-order chi connectivity index (χ1) is 6.86. The van der Waals surface area contributed by atoms with Gasteiger partial charge in [0, 0.05) is 0 Å². The smallest absolute Gasteiger partial charge is 0.428 e. The van der Waals surface area contributed by atoms with Crippen LogP contribution in [0.4, 0.5) is 13.2 Å². The largest absolute Gasteiger partial charge is 0.461 e. The molecule has 0 radical (unpaired) electrons. The first kappa shape index (κ1) is 12.4. The predicted molar refractivity (Wildman–Crippen MR) is 50.8 cm³/mol. The number of thiazole rings is 1. The molecular formula is C7H5BrF3NO2S. The van der Waals surface area contributed by atoms with Gasteiger partial charge in [-0.1, -0.05) is 0 Å². The van der Waals surface area contributed by atoms with Gasteiger partial charge in [0.05, 0.1) is 6.61 Å². The van der Waals surface area contributed by atoms with E-state index in [2.05, 4.69) is 25.7 Å². The fraction of sp³-hybridized carbons (Fsp3) is 0.429. The van der Waals surface area contributed by atoms with Crippen LogP contribution < -0.4 is 0 Å². The molecule has 0 bridgehead atoms. The van der Waals surface area contributed by atoms with E-state index in [9.17, 15) is 18.0 Å². The molecule has 0 saturated heterocycles. The highest BCUT2D eigenvalue weighted by atomic mass is 79.9. The molecule has 3 nitrogen and oxygen atoms in total. The monoisotopic (exact) mass is 303 g/mol. The van der Waals surface area contributed by atoms with Crippen molar-refractivity contribution in [3.8, 4) is 0 Å². The lowest BCUT2D eigenvalue weighted by atomic mass is 10.3.